The zero-order valence-corrected chi connectivity index (χ0v) is 10.9. The minimum atomic E-state index is -1.11. The average Bonchev–Trinajstić information content (AvgIpc) is 2.87. The van der Waals surface area contributed by atoms with Gasteiger partial charge in [0, 0.05) is 13.1 Å². The van der Waals surface area contributed by atoms with Gasteiger partial charge < -0.3 is 20.2 Å². The van der Waals surface area contributed by atoms with E-state index in [1.807, 2.05) is 6.92 Å². The topological polar surface area (TPSA) is 69.8 Å². The summed E-state index contributed by atoms with van der Waals surface area (Å²) < 4.78 is 5.20. The molecule has 3 N–H and O–H groups in total. The molecule has 5 heteroatoms. The monoisotopic (exact) mass is 251 g/mol. The molecule has 1 heterocycles. The van der Waals surface area contributed by atoms with Crippen molar-refractivity contribution in [2.75, 3.05) is 19.6 Å². The lowest BCUT2D eigenvalue weighted by atomic mass is 10.0. The third kappa shape index (κ3) is 4.25. The first kappa shape index (κ1) is 14.3. The molecule has 100 valence electrons. The first-order chi connectivity index (χ1) is 8.60. The van der Waals surface area contributed by atoms with Crippen molar-refractivity contribution < 1.29 is 9.52 Å². The van der Waals surface area contributed by atoms with E-state index in [0.717, 1.165) is 6.54 Å². The highest BCUT2D eigenvalue weighted by Gasteiger charge is 2.25. The summed E-state index contributed by atoms with van der Waals surface area (Å²) in [4.78, 5) is 4.32. The summed E-state index contributed by atoms with van der Waals surface area (Å²) in [6.45, 7) is 8.88. The quantitative estimate of drug-likeness (QED) is 0.404. The van der Waals surface area contributed by atoms with Crippen LogP contribution >= 0.6 is 0 Å². The highest BCUT2D eigenvalue weighted by Crippen LogP contribution is 2.20. The van der Waals surface area contributed by atoms with Crippen molar-refractivity contribution in [3.05, 3.63) is 36.8 Å². The molecule has 1 rings (SSSR count). The Balaban J connectivity index is 2.65. The first-order valence-corrected chi connectivity index (χ1v) is 5.99. The van der Waals surface area contributed by atoms with E-state index in [4.69, 9.17) is 4.42 Å². The molecule has 0 bridgehead atoms. The Kier molecular flexibility index (Phi) is 5.45. The number of rotatable bonds is 6. The van der Waals surface area contributed by atoms with Gasteiger partial charge in [0.15, 0.2) is 5.96 Å². The number of nitrogens with one attached hydrogen (secondary N) is 2. The van der Waals surface area contributed by atoms with Crippen LogP contribution in [0.2, 0.25) is 0 Å². The number of hydrogen-bond donors (Lipinski definition) is 3. The van der Waals surface area contributed by atoms with Gasteiger partial charge in [0.1, 0.15) is 11.4 Å². The second kappa shape index (κ2) is 6.86. The first-order valence-electron chi connectivity index (χ1n) is 5.99. The molecule has 0 aliphatic carbocycles. The van der Waals surface area contributed by atoms with Gasteiger partial charge in [-0.05, 0) is 26.0 Å². The maximum atomic E-state index is 10.2. The van der Waals surface area contributed by atoms with E-state index in [1.165, 1.54) is 6.26 Å². The molecule has 0 spiro atoms. The largest absolute Gasteiger partial charge is 0.466 e. The van der Waals surface area contributed by atoms with Crippen molar-refractivity contribution in [3.63, 3.8) is 0 Å². The molecule has 5 nitrogen and oxygen atoms in total. The highest BCUT2D eigenvalue weighted by atomic mass is 16.4. The summed E-state index contributed by atoms with van der Waals surface area (Å²) in [6, 6.07) is 3.48. The van der Waals surface area contributed by atoms with E-state index < -0.39 is 5.60 Å². The molecule has 1 atom stereocenters. The van der Waals surface area contributed by atoms with Gasteiger partial charge in [-0.15, -0.1) is 6.58 Å². The summed E-state index contributed by atoms with van der Waals surface area (Å²) in [6.07, 6.45) is 3.28. The van der Waals surface area contributed by atoms with E-state index >= 15 is 0 Å². The Hall–Kier alpha value is -1.75. The van der Waals surface area contributed by atoms with E-state index in [1.54, 1.807) is 25.1 Å². The Morgan fingerprint density at radius 2 is 2.39 bits per heavy atom. The van der Waals surface area contributed by atoms with Crippen LogP contribution in [0.25, 0.3) is 0 Å². The minimum absolute atomic E-state index is 0.215. The standard InChI is InChI=1S/C13H21N3O2/c1-4-8-15-12(14-5-2)16-10-13(3,17)11-7-6-9-18-11/h4,6-7,9,17H,1,5,8,10H2,2-3H3,(H2,14,15,16). The van der Waals surface area contributed by atoms with Gasteiger partial charge in [-0.25, -0.2) is 4.99 Å². The predicted octanol–water partition coefficient (Wildman–Crippen LogP) is 1.23. The van der Waals surface area contributed by atoms with Crippen molar-refractivity contribution in [2.45, 2.75) is 19.4 Å². The number of guanidine groups is 1. The van der Waals surface area contributed by atoms with Gasteiger partial charge in [0.05, 0.1) is 12.8 Å². The Labute approximate surface area is 108 Å². The van der Waals surface area contributed by atoms with Crippen LogP contribution in [-0.2, 0) is 5.60 Å². The molecule has 0 fully saturated rings. The van der Waals surface area contributed by atoms with Crippen LogP contribution in [0.3, 0.4) is 0 Å². The normalized spacial score (nSPS) is 14.9. The number of hydrogen-bond acceptors (Lipinski definition) is 3. The van der Waals surface area contributed by atoms with Gasteiger partial charge in [-0.1, -0.05) is 6.08 Å². The zero-order valence-electron chi connectivity index (χ0n) is 10.9. The van der Waals surface area contributed by atoms with E-state index in [-0.39, 0.29) is 6.54 Å². The van der Waals surface area contributed by atoms with Gasteiger partial charge in [-0.3, -0.25) is 0 Å². The molecule has 0 saturated carbocycles. The smallest absolute Gasteiger partial charge is 0.191 e. The maximum absolute atomic E-state index is 10.2. The number of aliphatic imine (C=N–C) groups is 1. The lowest BCUT2D eigenvalue weighted by molar-refractivity contribution is 0.0437. The predicted molar refractivity (Wildman–Crippen MR) is 72.5 cm³/mol. The van der Waals surface area contributed by atoms with Crippen LogP contribution in [0.4, 0.5) is 0 Å². The SMILES string of the molecule is C=CCNC(=NCC(C)(O)c1ccco1)NCC. The molecule has 0 radical (unpaired) electrons. The average molecular weight is 251 g/mol. The lowest BCUT2D eigenvalue weighted by Crippen LogP contribution is -2.38. The molecular weight excluding hydrogens is 230 g/mol. The van der Waals surface area contributed by atoms with E-state index in [2.05, 4.69) is 22.2 Å². The van der Waals surface area contributed by atoms with Gasteiger partial charge >= 0.3 is 0 Å². The molecule has 0 aliphatic heterocycles. The third-order valence-electron chi connectivity index (χ3n) is 2.36. The van der Waals surface area contributed by atoms with Crippen molar-refractivity contribution >= 4 is 5.96 Å². The van der Waals surface area contributed by atoms with Crippen LogP contribution in [0.15, 0.2) is 40.5 Å². The van der Waals surface area contributed by atoms with Crippen molar-refractivity contribution in [2.24, 2.45) is 4.99 Å². The number of furan rings is 1. The molecule has 0 aromatic carbocycles. The van der Waals surface area contributed by atoms with Crippen molar-refractivity contribution in [1.82, 2.24) is 10.6 Å². The van der Waals surface area contributed by atoms with Crippen LogP contribution < -0.4 is 10.6 Å². The highest BCUT2D eigenvalue weighted by molar-refractivity contribution is 5.79. The van der Waals surface area contributed by atoms with Crippen LogP contribution in [0.5, 0.6) is 0 Å². The Morgan fingerprint density at radius 3 is 2.94 bits per heavy atom. The van der Waals surface area contributed by atoms with Gasteiger partial charge in [0.2, 0.25) is 0 Å². The van der Waals surface area contributed by atoms with Gasteiger partial charge in [0.25, 0.3) is 0 Å². The summed E-state index contributed by atoms with van der Waals surface area (Å²) in [5.74, 6) is 1.15. The summed E-state index contributed by atoms with van der Waals surface area (Å²) in [5, 5.41) is 16.4. The van der Waals surface area contributed by atoms with E-state index in [9.17, 15) is 5.11 Å². The van der Waals surface area contributed by atoms with Crippen molar-refractivity contribution in [3.8, 4) is 0 Å². The fourth-order valence-corrected chi connectivity index (χ4v) is 1.41. The number of nitrogens with zero attached hydrogens (tertiary/aromatic N) is 1. The lowest BCUT2D eigenvalue weighted by Gasteiger charge is -2.19. The molecule has 0 aliphatic rings. The summed E-state index contributed by atoms with van der Waals surface area (Å²) in [5.41, 5.74) is -1.11. The molecule has 1 aromatic rings. The molecule has 1 unspecified atom stereocenters. The molecule has 18 heavy (non-hydrogen) atoms. The number of aliphatic hydroxyl groups is 1. The van der Waals surface area contributed by atoms with Crippen LogP contribution in [0.1, 0.15) is 19.6 Å². The van der Waals surface area contributed by atoms with Gasteiger partial charge in [-0.2, -0.15) is 0 Å². The Morgan fingerprint density at radius 1 is 1.61 bits per heavy atom. The maximum Gasteiger partial charge on any atom is 0.191 e. The van der Waals surface area contributed by atoms with Crippen molar-refractivity contribution in [1.29, 1.82) is 0 Å². The molecular formula is C13H21N3O2. The fraction of sp³-hybridized carbons (Fsp3) is 0.462. The second-order valence-electron chi connectivity index (χ2n) is 4.12. The van der Waals surface area contributed by atoms with E-state index in [0.29, 0.717) is 18.3 Å². The fourth-order valence-electron chi connectivity index (χ4n) is 1.41. The zero-order chi connectivity index (χ0) is 13.4. The Bertz CT molecular complexity index is 383. The van der Waals surface area contributed by atoms with Crippen LogP contribution in [-0.4, -0.2) is 30.7 Å². The molecule has 0 amide bonds. The molecule has 0 saturated heterocycles. The third-order valence-corrected chi connectivity index (χ3v) is 2.36. The summed E-state index contributed by atoms with van der Waals surface area (Å²) in [7, 11) is 0. The minimum Gasteiger partial charge on any atom is -0.466 e. The molecule has 1 aromatic heterocycles. The second-order valence-corrected chi connectivity index (χ2v) is 4.12. The summed E-state index contributed by atoms with van der Waals surface area (Å²) >= 11 is 0. The van der Waals surface area contributed by atoms with Crippen LogP contribution in [0, 0.1) is 0 Å².